The molecule has 1 aromatic carbocycles. The Morgan fingerprint density at radius 1 is 1.28 bits per heavy atom. The van der Waals surface area contributed by atoms with E-state index in [4.69, 9.17) is 0 Å². The highest BCUT2D eigenvalue weighted by Gasteiger charge is 2.45. The van der Waals surface area contributed by atoms with Crippen molar-refractivity contribution >= 4 is 5.91 Å². The summed E-state index contributed by atoms with van der Waals surface area (Å²) in [5.41, 5.74) is 1.33. The molecule has 1 amide bonds. The second-order valence-electron chi connectivity index (χ2n) is 5.89. The van der Waals surface area contributed by atoms with E-state index in [9.17, 15) is 4.79 Å². The molecule has 0 unspecified atom stereocenters. The lowest BCUT2D eigenvalue weighted by Crippen LogP contribution is -2.40. The Hall–Kier alpha value is -1.31. The van der Waals surface area contributed by atoms with Crippen LogP contribution < -0.4 is 0 Å². The van der Waals surface area contributed by atoms with Crippen molar-refractivity contribution < 1.29 is 4.79 Å². The van der Waals surface area contributed by atoms with Gasteiger partial charge in [0.05, 0.1) is 0 Å². The number of piperidine rings is 1. The molecule has 0 aromatic heterocycles. The van der Waals surface area contributed by atoms with E-state index in [1.54, 1.807) is 0 Å². The zero-order chi connectivity index (χ0) is 12.5. The van der Waals surface area contributed by atoms with Gasteiger partial charge in [0.1, 0.15) is 0 Å². The summed E-state index contributed by atoms with van der Waals surface area (Å²) in [5.74, 6) is 1.82. The van der Waals surface area contributed by atoms with E-state index >= 15 is 0 Å². The van der Waals surface area contributed by atoms with Gasteiger partial charge >= 0.3 is 0 Å². The van der Waals surface area contributed by atoms with Gasteiger partial charge in [-0.05, 0) is 36.7 Å². The number of amides is 1. The topological polar surface area (TPSA) is 20.3 Å². The normalized spacial score (nSPS) is 31.2. The van der Waals surface area contributed by atoms with E-state index in [1.165, 1.54) is 18.4 Å². The summed E-state index contributed by atoms with van der Waals surface area (Å²) in [6, 6.07) is 10.5. The predicted molar refractivity (Wildman–Crippen MR) is 72.3 cm³/mol. The van der Waals surface area contributed by atoms with Gasteiger partial charge in [0.25, 0.3) is 0 Å². The van der Waals surface area contributed by atoms with Crippen LogP contribution in [-0.2, 0) is 4.79 Å². The molecule has 3 rings (SSSR count). The minimum Gasteiger partial charge on any atom is -0.342 e. The van der Waals surface area contributed by atoms with Crippen molar-refractivity contribution in [2.45, 2.75) is 32.1 Å². The predicted octanol–water partition coefficient (Wildman–Crippen LogP) is 3.05. The van der Waals surface area contributed by atoms with Gasteiger partial charge < -0.3 is 4.90 Å². The van der Waals surface area contributed by atoms with Gasteiger partial charge in [-0.1, -0.05) is 37.3 Å². The first-order chi connectivity index (χ1) is 8.75. The second-order valence-corrected chi connectivity index (χ2v) is 5.89. The van der Waals surface area contributed by atoms with Gasteiger partial charge in [-0.2, -0.15) is 0 Å². The van der Waals surface area contributed by atoms with Crippen LogP contribution in [-0.4, -0.2) is 23.9 Å². The largest absolute Gasteiger partial charge is 0.342 e. The Morgan fingerprint density at radius 2 is 2.06 bits per heavy atom. The Morgan fingerprint density at radius 3 is 2.78 bits per heavy atom. The summed E-state index contributed by atoms with van der Waals surface area (Å²) in [7, 11) is 0. The molecule has 2 heteroatoms. The molecule has 3 atom stereocenters. The molecule has 1 saturated heterocycles. The van der Waals surface area contributed by atoms with Crippen molar-refractivity contribution in [1.82, 2.24) is 4.90 Å². The first-order valence-electron chi connectivity index (χ1n) is 7.09. The fraction of sp³-hybridized carbons (Fsp3) is 0.562. The van der Waals surface area contributed by atoms with Crippen molar-refractivity contribution in [2.24, 2.45) is 11.8 Å². The highest BCUT2D eigenvalue weighted by atomic mass is 16.2. The number of hydrogen-bond donors (Lipinski definition) is 0. The number of carbonyl (C=O) groups is 1. The molecule has 2 nitrogen and oxygen atoms in total. The zero-order valence-electron chi connectivity index (χ0n) is 11.0. The van der Waals surface area contributed by atoms with Crippen LogP contribution in [0.1, 0.15) is 37.7 Å². The van der Waals surface area contributed by atoms with Gasteiger partial charge in [-0.25, -0.2) is 0 Å². The van der Waals surface area contributed by atoms with E-state index in [0.717, 1.165) is 19.5 Å². The van der Waals surface area contributed by atoms with Crippen molar-refractivity contribution in [3.8, 4) is 0 Å². The Kier molecular flexibility index (Phi) is 3.11. The molecule has 2 fully saturated rings. The fourth-order valence-corrected chi connectivity index (χ4v) is 3.16. The first-order valence-corrected chi connectivity index (χ1v) is 7.09. The van der Waals surface area contributed by atoms with Crippen LogP contribution in [0.2, 0.25) is 0 Å². The second kappa shape index (κ2) is 4.75. The van der Waals surface area contributed by atoms with Gasteiger partial charge in [0.15, 0.2) is 0 Å². The Balaban J connectivity index is 1.62. The molecule has 2 aliphatic rings. The zero-order valence-corrected chi connectivity index (χ0v) is 11.0. The lowest BCUT2D eigenvalue weighted by Gasteiger charge is -2.31. The van der Waals surface area contributed by atoms with E-state index in [2.05, 4.69) is 36.1 Å². The molecule has 0 bridgehead atoms. The summed E-state index contributed by atoms with van der Waals surface area (Å²) < 4.78 is 0. The van der Waals surface area contributed by atoms with Crippen LogP contribution in [0.5, 0.6) is 0 Å². The monoisotopic (exact) mass is 243 g/mol. The lowest BCUT2D eigenvalue weighted by atomic mass is 9.99. The SMILES string of the molecule is C[C@H]1CCCN(C(=O)[C@H]2C[C@@H]2c2ccccc2)C1. The van der Waals surface area contributed by atoms with Crippen LogP contribution in [0.25, 0.3) is 0 Å². The molecule has 1 aliphatic heterocycles. The number of hydrogen-bond acceptors (Lipinski definition) is 1. The lowest BCUT2D eigenvalue weighted by molar-refractivity contribution is -0.134. The van der Waals surface area contributed by atoms with Gasteiger partial charge in [0.2, 0.25) is 5.91 Å². The van der Waals surface area contributed by atoms with Gasteiger partial charge in [-0.15, -0.1) is 0 Å². The van der Waals surface area contributed by atoms with Gasteiger partial charge in [-0.3, -0.25) is 4.79 Å². The maximum atomic E-state index is 12.4. The standard InChI is InChI=1S/C16H21NO/c1-12-6-5-9-17(11-12)16(18)15-10-14(15)13-7-3-2-4-8-13/h2-4,7-8,12,14-15H,5-6,9-11H2,1H3/t12-,14+,15-/m0/s1. The van der Waals surface area contributed by atoms with Crippen molar-refractivity contribution in [1.29, 1.82) is 0 Å². The molecular weight excluding hydrogens is 222 g/mol. The molecule has 18 heavy (non-hydrogen) atoms. The summed E-state index contributed by atoms with van der Waals surface area (Å²) in [5, 5.41) is 0. The third-order valence-electron chi connectivity index (χ3n) is 4.30. The molecule has 1 aromatic rings. The number of nitrogens with zero attached hydrogens (tertiary/aromatic N) is 1. The Bertz CT molecular complexity index is 428. The van der Waals surface area contributed by atoms with Gasteiger partial charge in [0, 0.05) is 19.0 Å². The minimum atomic E-state index is 0.262. The third kappa shape index (κ3) is 2.29. The van der Waals surface area contributed by atoms with Crippen LogP contribution in [0.3, 0.4) is 0 Å². The van der Waals surface area contributed by atoms with Crippen molar-refractivity contribution in [2.75, 3.05) is 13.1 Å². The van der Waals surface area contributed by atoms with E-state index in [-0.39, 0.29) is 5.92 Å². The molecule has 1 saturated carbocycles. The third-order valence-corrected chi connectivity index (χ3v) is 4.30. The maximum absolute atomic E-state index is 12.4. The maximum Gasteiger partial charge on any atom is 0.226 e. The summed E-state index contributed by atoms with van der Waals surface area (Å²) in [6.45, 7) is 4.19. The number of benzene rings is 1. The molecule has 1 aliphatic carbocycles. The molecular formula is C16H21NO. The Labute approximate surface area is 109 Å². The summed E-state index contributed by atoms with van der Waals surface area (Å²) in [6.07, 6.45) is 3.50. The minimum absolute atomic E-state index is 0.262. The van der Waals surface area contributed by atoms with E-state index in [1.807, 2.05) is 6.07 Å². The average molecular weight is 243 g/mol. The van der Waals surface area contributed by atoms with Crippen LogP contribution in [0.15, 0.2) is 30.3 Å². The highest BCUT2D eigenvalue weighted by Crippen LogP contribution is 2.48. The number of likely N-dealkylation sites (tertiary alicyclic amines) is 1. The fourth-order valence-electron chi connectivity index (χ4n) is 3.16. The highest BCUT2D eigenvalue weighted by molar-refractivity contribution is 5.83. The van der Waals surface area contributed by atoms with Crippen LogP contribution >= 0.6 is 0 Å². The van der Waals surface area contributed by atoms with Crippen molar-refractivity contribution in [3.05, 3.63) is 35.9 Å². The molecule has 0 radical (unpaired) electrons. The first kappa shape index (κ1) is 11.8. The number of rotatable bonds is 2. The van der Waals surface area contributed by atoms with Crippen LogP contribution in [0, 0.1) is 11.8 Å². The smallest absolute Gasteiger partial charge is 0.226 e. The number of carbonyl (C=O) groups excluding carboxylic acids is 1. The molecule has 0 N–H and O–H groups in total. The molecule has 1 heterocycles. The molecule has 0 spiro atoms. The quantitative estimate of drug-likeness (QED) is 0.782. The average Bonchev–Trinajstić information content (AvgIpc) is 3.19. The van der Waals surface area contributed by atoms with E-state index in [0.29, 0.717) is 17.7 Å². The molecule has 96 valence electrons. The summed E-state index contributed by atoms with van der Waals surface area (Å²) >= 11 is 0. The van der Waals surface area contributed by atoms with Crippen molar-refractivity contribution in [3.63, 3.8) is 0 Å². The summed E-state index contributed by atoms with van der Waals surface area (Å²) in [4.78, 5) is 14.5. The van der Waals surface area contributed by atoms with Crippen LogP contribution in [0.4, 0.5) is 0 Å². The van der Waals surface area contributed by atoms with E-state index < -0.39 is 0 Å².